The zero-order chi connectivity index (χ0) is 11.5. The van der Waals surface area contributed by atoms with Gasteiger partial charge in [-0.3, -0.25) is 4.79 Å². The van der Waals surface area contributed by atoms with Crippen molar-refractivity contribution in [2.24, 2.45) is 0 Å². The molecular weight excluding hydrogens is 213 g/mol. The summed E-state index contributed by atoms with van der Waals surface area (Å²) in [5.74, 6) is -0.145. The second-order valence-corrected chi connectivity index (χ2v) is 3.46. The third-order valence-electron chi connectivity index (χ3n) is 2.46. The lowest BCUT2D eigenvalue weighted by Gasteiger charge is -2.25. The number of morpholine rings is 1. The molecule has 1 saturated heterocycles. The Labute approximate surface area is 92.4 Å². The van der Waals surface area contributed by atoms with Gasteiger partial charge in [0.25, 0.3) is 0 Å². The maximum Gasteiger partial charge on any atom is 0.246 e. The van der Waals surface area contributed by atoms with E-state index in [4.69, 9.17) is 9.47 Å². The van der Waals surface area contributed by atoms with Crippen LogP contribution in [0.3, 0.4) is 0 Å². The fraction of sp³-hybridized carbons (Fsp3) is 0.364. The maximum absolute atomic E-state index is 13.6. The monoisotopic (exact) mass is 225 g/mol. The summed E-state index contributed by atoms with van der Waals surface area (Å²) in [6, 6.07) is 4.58. The zero-order valence-electron chi connectivity index (χ0n) is 8.83. The molecule has 0 spiro atoms. The topological polar surface area (TPSA) is 47.6 Å². The first kappa shape index (κ1) is 10.9. The fourth-order valence-electron chi connectivity index (χ4n) is 1.69. The van der Waals surface area contributed by atoms with Gasteiger partial charge >= 0.3 is 0 Å². The van der Waals surface area contributed by atoms with Crippen molar-refractivity contribution < 1.29 is 18.7 Å². The number of amides is 1. The van der Waals surface area contributed by atoms with Crippen LogP contribution in [0.2, 0.25) is 0 Å². The van der Waals surface area contributed by atoms with E-state index in [0.717, 1.165) is 0 Å². The highest BCUT2D eigenvalue weighted by Gasteiger charge is 2.25. The smallest absolute Gasteiger partial charge is 0.246 e. The Bertz CT molecular complexity index is 398. The van der Waals surface area contributed by atoms with Gasteiger partial charge in [0.15, 0.2) is 0 Å². The molecule has 1 aliphatic heterocycles. The summed E-state index contributed by atoms with van der Waals surface area (Å²) in [7, 11) is 1.47. The Morgan fingerprint density at radius 3 is 3.00 bits per heavy atom. The van der Waals surface area contributed by atoms with Crippen LogP contribution < -0.4 is 10.1 Å². The molecule has 1 fully saturated rings. The van der Waals surface area contributed by atoms with Gasteiger partial charge < -0.3 is 14.8 Å². The van der Waals surface area contributed by atoms with Crippen molar-refractivity contribution in [1.82, 2.24) is 5.32 Å². The highest BCUT2D eigenvalue weighted by atomic mass is 19.1. The normalized spacial score (nSPS) is 20.4. The average Bonchev–Trinajstić information content (AvgIpc) is 2.30. The van der Waals surface area contributed by atoms with Gasteiger partial charge in [-0.1, -0.05) is 6.07 Å². The Morgan fingerprint density at radius 1 is 1.56 bits per heavy atom. The van der Waals surface area contributed by atoms with Crippen LogP contribution in [-0.2, 0) is 9.53 Å². The number of rotatable bonds is 2. The highest BCUT2D eigenvalue weighted by molar-refractivity contribution is 5.77. The Morgan fingerprint density at radius 2 is 2.38 bits per heavy atom. The Balaban J connectivity index is 2.28. The van der Waals surface area contributed by atoms with Gasteiger partial charge in [0, 0.05) is 6.54 Å². The van der Waals surface area contributed by atoms with Gasteiger partial charge in [-0.2, -0.15) is 0 Å². The molecule has 4 nitrogen and oxygen atoms in total. The van der Waals surface area contributed by atoms with Crippen LogP contribution in [0.5, 0.6) is 5.75 Å². The number of hydrogen-bond donors (Lipinski definition) is 1. The average molecular weight is 225 g/mol. The number of hydrogen-bond acceptors (Lipinski definition) is 3. The van der Waals surface area contributed by atoms with Crippen molar-refractivity contribution in [2.45, 2.75) is 6.10 Å². The molecule has 0 unspecified atom stereocenters. The van der Waals surface area contributed by atoms with Gasteiger partial charge in [-0.15, -0.1) is 0 Å². The van der Waals surface area contributed by atoms with E-state index in [2.05, 4.69) is 5.32 Å². The SMILES string of the molecule is COc1cccc(F)c1[C@@H]1CNC(=O)CO1. The van der Waals surface area contributed by atoms with Crippen molar-refractivity contribution in [3.8, 4) is 5.75 Å². The number of halogens is 1. The minimum Gasteiger partial charge on any atom is -0.496 e. The van der Waals surface area contributed by atoms with Crippen LogP contribution in [0, 0.1) is 5.82 Å². The van der Waals surface area contributed by atoms with Crippen LogP contribution in [0.25, 0.3) is 0 Å². The van der Waals surface area contributed by atoms with Crippen LogP contribution in [0.4, 0.5) is 4.39 Å². The standard InChI is InChI=1S/C11H12FNO3/c1-15-8-4-2-3-7(12)11(8)9-5-13-10(14)6-16-9/h2-4,9H,5-6H2,1H3,(H,13,14)/t9-/m0/s1. The van der Waals surface area contributed by atoms with Crippen molar-refractivity contribution in [3.63, 3.8) is 0 Å². The molecule has 0 radical (unpaired) electrons. The van der Waals surface area contributed by atoms with Crippen LogP contribution in [0.1, 0.15) is 11.7 Å². The van der Waals surface area contributed by atoms with E-state index in [1.54, 1.807) is 12.1 Å². The first-order valence-corrected chi connectivity index (χ1v) is 4.93. The van der Waals surface area contributed by atoms with E-state index in [1.807, 2.05) is 0 Å². The zero-order valence-corrected chi connectivity index (χ0v) is 8.83. The van der Waals surface area contributed by atoms with E-state index in [-0.39, 0.29) is 24.9 Å². The molecular formula is C11H12FNO3. The second-order valence-electron chi connectivity index (χ2n) is 3.46. The molecule has 0 aliphatic carbocycles. The van der Waals surface area contributed by atoms with E-state index in [9.17, 15) is 9.18 Å². The summed E-state index contributed by atoms with van der Waals surface area (Å²) in [6.07, 6.45) is -0.492. The van der Waals surface area contributed by atoms with Gasteiger partial charge in [-0.05, 0) is 12.1 Å². The van der Waals surface area contributed by atoms with Gasteiger partial charge in [0.1, 0.15) is 24.3 Å². The predicted molar refractivity (Wildman–Crippen MR) is 54.7 cm³/mol. The molecule has 1 amide bonds. The molecule has 0 saturated carbocycles. The van der Waals surface area contributed by atoms with E-state index < -0.39 is 6.10 Å². The molecule has 16 heavy (non-hydrogen) atoms. The summed E-state index contributed by atoms with van der Waals surface area (Å²) in [5, 5.41) is 2.62. The van der Waals surface area contributed by atoms with Crippen molar-refractivity contribution in [2.75, 3.05) is 20.3 Å². The van der Waals surface area contributed by atoms with Gasteiger partial charge in [-0.25, -0.2) is 4.39 Å². The number of methoxy groups -OCH3 is 1. The van der Waals surface area contributed by atoms with Crippen LogP contribution in [-0.4, -0.2) is 26.2 Å². The third-order valence-corrected chi connectivity index (χ3v) is 2.46. The largest absolute Gasteiger partial charge is 0.496 e. The summed E-state index contributed by atoms with van der Waals surface area (Å²) >= 11 is 0. The molecule has 5 heteroatoms. The van der Waals surface area contributed by atoms with Crippen LogP contribution in [0.15, 0.2) is 18.2 Å². The number of benzene rings is 1. The Hall–Kier alpha value is -1.62. The summed E-state index contributed by atoms with van der Waals surface area (Å²) in [6.45, 7) is 0.207. The van der Waals surface area contributed by atoms with Gasteiger partial charge in [0.05, 0.1) is 12.7 Å². The molecule has 1 N–H and O–H groups in total. The Kier molecular flexibility index (Phi) is 3.05. The number of carbonyl (C=O) groups is 1. The van der Waals surface area contributed by atoms with E-state index in [0.29, 0.717) is 11.3 Å². The molecule has 1 atom stereocenters. The minimum atomic E-state index is -0.492. The van der Waals surface area contributed by atoms with Gasteiger partial charge in [0.2, 0.25) is 5.91 Å². The number of carbonyl (C=O) groups excluding carboxylic acids is 1. The second kappa shape index (κ2) is 4.49. The summed E-state index contributed by atoms with van der Waals surface area (Å²) in [4.78, 5) is 10.9. The number of ether oxygens (including phenoxy) is 2. The maximum atomic E-state index is 13.6. The molecule has 1 aromatic carbocycles. The summed E-state index contributed by atoms with van der Waals surface area (Å²) < 4.78 is 24.0. The van der Waals surface area contributed by atoms with Crippen LogP contribution >= 0.6 is 0 Å². The quantitative estimate of drug-likeness (QED) is 0.817. The van der Waals surface area contributed by atoms with Crippen molar-refractivity contribution in [3.05, 3.63) is 29.6 Å². The molecule has 1 aliphatic rings. The first-order valence-electron chi connectivity index (χ1n) is 4.93. The first-order chi connectivity index (χ1) is 7.72. The fourth-order valence-corrected chi connectivity index (χ4v) is 1.69. The molecule has 1 heterocycles. The minimum absolute atomic E-state index is 0.0534. The van der Waals surface area contributed by atoms with E-state index >= 15 is 0 Å². The lowest BCUT2D eigenvalue weighted by atomic mass is 10.1. The molecule has 0 bridgehead atoms. The predicted octanol–water partition coefficient (Wildman–Crippen LogP) is 1.02. The highest BCUT2D eigenvalue weighted by Crippen LogP contribution is 2.30. The lowest BCUT2D eigenvalue weighted by molar-refractivity contribution is -0.133. The molecule has 2 rings (SSSR count). The molecule has 0 aromatic heterocycles. The van der Waals surface area contributed by atoms with Crippen molar-refractivity contribution in [1.29, 1.82) is 0 Å². The lowest BCUT2D eigenvalue weighted by Crippen LogP contribution is -2.39. The number of nitrogens with one attached hydrogen (secondary N) is 1. The molecule has 86 valence electrons. The van der Waals surface area contributed by atoms with E-state index in [1.165, 1.54) is 13.2 Å². The summed E-state index contributed by atoms with van der Waals surface area (Å²) in [5.41, 5.74) is 0.352. The van der Waals surface area contributed by atoms with Crippen molar-refractivity contribution >= 4 is 5.91 Å². The molecule has 1 aromatic rings. The third kappa shape index (κ3) is 1.99.